The van der Waals surface area contributed by atoms with Crippen molar-refractivity contribution in [3.05, 3.63) is 23.3 Å². The topological polar surface area (TPSA) is 17.1 Å². The number of carbonyl (C=O) groups is 1. The minimum absolute atomic E-state index is 0.644. The highest BCUT2D eigenvalue weighted by molar-refractivity contribution is 5.72. The van der Waals surface area contributed by atoms with Crippen molar-refractivity contribution in [2.75, 3.05) is 0 Å². The molecule has 14 heavy (non-hydrogen) atoms. The fraction of sp³-hybridized carbons (Fsp3) is 0.615. The monoisotopic (exact) mass is 190 g/mol. The molecule has 0 saturated heterocycles. The van der Waals surface area contributed by atoms with E-state index in [-0.39, 0.29) is 0 Å². The number of hydrogen-bond donors (Lipinski definition) is 0. The number of hydrogen-bond acceptors (Lipinski definition) is 1. The van der Waals surface area contributed by atoms with Crippen molar-refractivity contribution >= 4 is 6.29 Å². The standard InChI is InChI=1S/C13H18O/c1-3-11-5-10-6-12(13(11)7-10)4-9(2)8-14/h3-4,8,10,12-13H,5-7H2,1-2H3. The molecule has 0 aromatic carbocycles. The first-order chi connectivity index (χ1) is 6.74. The largest absolute Gasteiger partial charge is 0.298 e. The summed E-state index contributed by atoms with van der Waals surface area (Å²) in [5.74, 6) is 2.29. The number of fused-ring (bicyclic) bond motifs is 2. The van der Waals surface area contributed by atoms with Crippen molar-refractivity contribution in [2.45, 2.75) is 33.1 Å². The Balaban J connectivity index is 2.14. The third-order valence-electron chi connectivity index (χ3n) is 3.74. The van der Waals surface area contributed by atoms with E-state index in [9.17, 15) is 4.79 Å². The molecule has 0 spiro atoms. The van der Waals surface area contributed by atoms with Crippen LogP contribution in [0.1, 0.15) is 33.1 Å². The first-order valence-electron chi connectivity index (χ1n) is 5.53. The lowest BCUT2D eigenvalue weighted by Crippen LogP contribution is -2.11. The third-order valence-corrected chi connectivity index (χ3v) is 3.74. The summed E-state index contributed by atoms with van der Waals surface area (Å²) < 4.78 is 0. The van der Waals surface area contributed by atoms with Crippen molar-refractivity contribution in [1.29, 1.82) is 0 Å². The Bertz CT molecular complexity index is 298. The Morgan fingerprint density at radius 3 is 2.79 bits per heavy atom. The molecule has 3 unspecified atom stereocenters. The molecule has 2 rings (SSSR count). The van der Waals surface area contributed by atoms with Crippen LogP contribution in [0.3, 0.4) is 0 Å². The maximum Gasteiger partial charge on any atom is 0.145 e. The Morgan fingerprint density at radius 1 is 1.43 bits per heavy atom. The lowest BCUT2D eigenvalue weighted by molar-refractivity contribution is -0.104. The van der Waals surface area contributed by atoms with Crippen LogP contribution in [0.15, 0.2) is 23.3 Å². The van der Waals surface area contributed by atoms with E-state index in [1.54, 1.807) is 5.57 Å². The quantitative estimate of drug-likeness (QED) is 0.371. The van der Waals surface area contributed by atoms with Gasteiger partial charge in [0, 0.05) is 0 Å². The summed E-state index contributed by atoms with van der Waals surface area (Å²) in [7, 11) is 0. The van der Waals surface area contributed by atoms with E-state index in [1.165, 1.54) is 19.3 Å². The average molecular weight is 190 g/mol. The molecular formula is C13H18O. The lowest BCUT2D eigenvalue weighted by Gasteiger charge is -2.21. The smallest absolute Gasteiger partial charge is 0.145 e. The molecule has 0 aromatic rings. The highest BCUT2D eigenvalue weighted by Crippen LogP contribution is 2.52. The van der Waals surface area contributed by atoms with E-state index in [2.05, 4.69) is 19.1 Å². The number of allylic oxidation sites excluding steroid dienone is 4. The second-order valence-electron chi connectivity index (χ2n) is 4.70. The fourth-order valence-electron chi connectivity index (χ4n) is 3.15. The fourth-order valence-corrected chi connectivity index (χ4v) is 3.15. The third kappa shape index (κ3) is 1.56. The van der Waals surface area contributed by atoms with Gasteiger partial charge in [-0.1, -0.05) is 17.7 Å². The molecule has 1 heteroatoms. The van der Waals surface area contributed by atoms with Gasteiger partial charge in [-0.2, -0.15) is 0 Å². The normalized spacial score (nSPS) is 39.4. The molecule has 0 radical (unpaired) electrons. The van der Waals surface area contributed by atoms with E-state index < -0.39 is 0 Å². The molecule has 0 N–H and O–H groups in total. The molecule has 1 nitrogen and oxygen atoms in total. The molecule has 2 aliphatic rings. The van der Waals surface area contributed by atoms with Gasteiger partial charge in [-0.25, -0.2) is 0 Å². The molecule has 0 aromatic heterocycles. The first-order valence-corrected chi connectivity index (χ1v) is 5.53. The van der Waals surface area contributed by atoms with Crippen LogP contribution in [0.4, 0.5) is 0 Å². The molecule has 3 atom stereocenters. The summed E-state index contributed by atoms with van der Waals surface area (Å²) in [5, 5.41) is 0. The predicted octanol–water partition coefficient (Wildman–Crippen LogP) is 3.12. The van der Waals surface area contributed by atoms with Crippen molar-refractivity contribution in [3.8, 4) is 0 Å². The van der Waals surface area contributed by atoms with Crippen LogP contribution >= 0.6 is 0 Å². The van der Waals surface area contributed by atoms with Crippen LogP contribution in [0.25, 0.3) is 0 Å². The maximum absolute atomic E-state index is 10.6. The molecule has 2 fully saturated rings. The molecule has 0 aliphatic heterocycles. The van der Waals surface area contributed by atoms with Gasteiger partial charge in [0.1, 0.15) is 6.29 Å². The molecule has 0 heterocycles. The zero-order valence-corrected chi connectivity index (χ0v) is 8.99. The van der Waals surface area contributed by atoms with Gasteiger partial charge in [0.2, 0.25) is 0 Å². The van der Waals surface area contributed by atoms with E-state index in [1.807, 2.05) is 6.92 Å². The van der Waals surface area contributed by atoms with Crippen molar-refractivity contribution < 1.29 is 4.79 Å². The van der Waals surface area contributed by atoms with Gasteiger partial charge < -0.3 is 0 Å². The molecule has 2 aliphatic carbocycles. The number of aldehydes is 1. The van der Waals surface area contributed by atoms with Gasteiger partial charge in [0.25, 0.3) is 0 Å². The van der Waals surface area contributed by atoms with E-state index in [0.717, 1.165) is 23.7 Å². The average Bonchev–Trinajstić information content (AvgIpc) is 2.75. The Kier molecular flexibility index (Phi) is 2.58. The minimum Gasteiger partial charge on any atom is -0.298 e. The van der Waals surface area contributed by atoms with Crippen LogP contribution in [-0.4, -0.2) is 6.29 Å². The first kappa shape index (κ1) is 9.70. The zero-order chi connectivity index (χ0) is 10.1. The SMILES string of the molecule is CC=C1CC2CC(C=C(C)C=O)C1C2. The van der Waals surface area contributed by atoms with Crippen LogP contribution in [0.2, 0.25) is 0 Å². The van der Waals surface area contributed by atoms with Crippen molar-refractivity contribution in [1.82, 2.24) is 0 Å². The van der Waals surface area contributed by atoms with Gasteiger partial charge in [0.15, 0.2) is 0 Å². The highest BCUT2D eigenvalue weighted by Gasteiger charge is 2.41. The van der Waals surface area contributed by atoms with Crippen molar-refractivity contribution in [3.63, 3.8) is 0 Å². The summed E-state index contributed by atoms with van der Waals surface area (Å²) in [6, 6.07) is 0. The van der Waals surface area contributed by atoms with Crippen LogP contribution in [0, 0.1) is 17.8 Å². The number of rotatable bonds is 2. The number of carbonyl (C=O) groups excluding carboxylic acids is 1. The lowest BCUT2D eigenvalue weighted by atomic mass is 9.84. The van der Waals surface area contributed by atoms with E-state index in [0.29, 0.717) is 5.92 Å². The van der Waals surface area contributed by atoms with E-state index >= 15 is 0 Å². The van der Waals surface area contributed by atoms with Gasteiger partial charge >= 0.3 is 0 Å². The summed E-state index contributed by atoms with van der Waals surface area (Å²) in [6.45, 7) is 4.05. The summed E-state index contributed by atoms with van der Waals surface area (Å²) in [4.78, 5) is 10.6. The van der Waals surface area contributed by atoms with Crippen LogP contribution < -0.4 is 0 Å². The molecule has 2 saturated carbocycles. The zero-order valence-electron chi connectivity index (χ0n) is 8.99. The predicted molar refractivity (Wildman–Crippen MR) is 57.9 cm³/mol. The van der Waals surface area contributed by atoms with Gasteiger partial charge in [0.05, 0.1) is 0 Å². The summed E-state index contributed by atoms with van der Waals surface area (Å²) in [5.41, 5.74) is 2.53. The molecule has 0 amide bonds. The second kappa shape index (κ2) is 3.72. The minimum atomic E-state index is 0.644. The molecule has 2 bridgehead atoms. The van der Waals surface area contributed by atoms with Gasteiger partial charge in [-0.05, 0) is 56.4 Å². The Morgan fingerprint density at radius 2 is 2.21 bits per heavy atom. The van der Waals surface area contributed by atoms with Crippen molar-refractivity contribution in [2.24, 2.45) is 17.8 Å². The Labute approximate surface area is 85.9 Å². The highest BCUT2D eigenvalue weighted by atomic mass is 16.1. The maximum atomic E-state index is 10.6. The molecule has 76 valence electrons. The second-order valence-corrected chi connectivity index (χ2v) is 4.70. The Hall–Kier alpha value is -0.850. The van der Waals surface area contributed by atoms with Crippen LogP contribution in [0.5, 0.6) is 0 Å². The van der Waals surface area contributed by atoms with Crippen LogP contribution in [-0.2, 0) is 4.79 Å². The summed E-state index contributed by atoms with van der Waals surface area (Å²) >= 11 is 0. The van der Waals surface area contributed by atoms with Gasteiger partial charge in [-0.3, -0.25) is 4.79 Å². The molecular weight excluding hydrogens is 172 g/mol. The summed E-state index contributed by atoms with van der Waals surface area (Å²) in [6.07, 6.45) is 9.40. The van der Waals surface area contributed by atoms with Gasteiger partial charge in [-0.15, -0.1) is 0 Å². The van der Waals surface area contributed by atoms with E-state index in [4.69, 9.17) is 0 Å².